The Morgan fingerprint density at radius 2 is 2.06 bits per heavy atom. The second-order valence-corrected chi connectivity index (χ2v) is 3.71. The summed E-state index contributed by atoms with van der Waals surface area (Å²) in [6.45, 7) is 3.82. The molecule has 16 heavy (non-hydrogen) atoms. The number of hydrogen-bond donors (Lipinski definition) is 0. The van der Waals surface area contributed by atoms with E-state index in [2.05, 4.69) is 0 Å². The third kappa shape index (κ3) is 1.52. The predicted octanol–water partition coefficient (Wildman–Crippen LogP) is 3.51. The van der Waals surface area contributed by atoms with Crippen molar-refractivity contribution in [3.8, 4) is 0 Å². The van der Waals surface area contributed by atoms with E-state index in [1.54, 1.807) is 6.07 Å². The highest BCUT2D eigenvalue weighted by molar-refractivity contribution is 5.89. The molecular formula is C13H13FO2. The summed E-state index contributed by atoms with van der Waals surface area (Å²) >= 11 is 0. The fourth-order valence-electron chi connectivity index (χ4n) is 1.99. The van der Waals surface area contributed by atoms with E-state index in [1.165, 1.54) is 6.07 Å². The van der Waals surface area contributed by atoms with Crippen molar-refractivity contribution in [2.24, 2.45) is 0 Å². The fourth-order valence-corrected chi connectivity index (χ4v) is 1.99. The summed E-state index contributed by atoms with van der Waals surface area (Å²) < 4.78 is 19.2. The van der Waals surface area contributed by atoms with Crippen LogP contribution in [0.2, 0.25) is 0 Å². The summed E-state index contributed by atoms with van der Waals surface area (Å²) in [4.78, 5) is 10.7. The van der Waals surface area contributed by atoms with Crippen molar-refractivity contribution in [3.63, 3.8) is 0 Å². The predicted molar refractivity (Wildman–Crippen MR) is 60.3 cm³/mol. The topological polar surface area (TPSA) is 30.2 Å². The van der Waals surface area contributed by atoms with Crippen molar-refractivity contribution in [1.29, 1.82) is 0 Å². The molecule has 2 nitrogen and oxygen atoms in total. The highest BCUT2D eigenvalue weighted by Gasteiger charge is 2.14. The van der Waals surface area contributed by atoms with Gasteiger partial charge < -0.3 is 4.42 Å². The number of aryl methyl sites for hydroxylation is 2. The first-order valence-corrected chi connectivity index (χ1v) is 5.40. The van der Waals surface area contributed by atoms with Gasteiger partial charge in [0.1, 0.15) is 11.4 Å². The van der Waals surface area contributed by atoms with Gasteiger partial charge in [0.15, 0.2) is 12.0 Å². The van der Waals surface area contributed by atoms with E-state index in [1.807, 2.05) is 13.8 Å². The second kappa shape index (κ2) is 4.08. The zero-order valence-electron chi connectivity index (χ0n) is 9.34. The van der Waals surface area contributed by atoms with Gasteiger partial charge in [0.2, 0.25) is 0 Å². The lowest BCUT2D eigenvalue weighted by Crippen LogP contribution is -1.92. The van der Waals surface area contributed by atoms with Crippen LogP contribution in [0.15, 0.2) is 16.5 Å². The molecule has 0 aliphatic rings. The molecule has 0 saturated carbocycles. The van der Waals surface area contributed by atoms with E-state index in [9.17, 15) is 9.18 Å². The van der Waals surface area contributed by atoms with Crippen LogP contribution in [-0.4, -0.2) is 6.29 Å². The SMILES string of the molecule is CCc1c(F)cc(CC)c2oc(C=O)cc12. The summed E-state index contributed by atoms with van der Waals surface area (Å²) in [6, 6.07) is 3.11. The molecule has 1 aromatic carbocycles. The van der Waals surface area contributed by atoms with Gasteiger partial charge in [0.25, 0.3) is 0 Å². The first-order valence-electron chi connectivity index (χ1n) is 5.40. The molecular weight excluding hydrogens is 207 g/mol. The molecule has 0 aliphatic heterocycles. The molecule has 0 bridgehead atoms. The zero-order chi connectivity index (χ0) is 11.7. The van der Waals surface area contributed by atoms with Gasteiger partial charge in [-0.25, -0.2) is 4.39 Å². The Morgan fingerprint density at radius 3 is 2.62 bits per heavy atom. The number of carbonyl (C=O) groups is 1. The van der Waals surface area contributed by atoms with Crippen LogP contribution in [0, 0.1) is 5.82 Å². The molecule has 1 aromatic heterocycles. The van der Waals surface area contributed by atoms with Gasteiger partial charge >= 0.3 is 0 Å². The number of halogens is 1. The normalized spacial score (nSPS) is 10.9. The molecule has 0 amide bonds. The van der Waals surface area contributed by atoms with Gasteiger partial charge in [-0.3, -0.25) is 4.79 Å². The van der Waals surface area contributed by atoms with Gasteiger partial charge in [0, 0.05) is 5.39 Å². The van der Waals surface area contributed by atoms with Crippen LogP contribution in [0.5, 0.6) is 0 Å². The lowest BCUT2D eigenvalue weighted by atomic mass is 10.0. The van der Waals surface area contributed by atoms with Crippen LogP contribution in [0.4, 0.5) is 4.39 Å². The molecule has 84 valence electrons. The highest BCUT2D eigenvalue weighted by atomic mass is 19.1. The number of fused-ring (bicyclic) bond motifs is 1. The summed E-state index contributed by atoms with van der Waals surface area (Å²) in [5.41, 5.74) is 2.06. The quantitative estimate of drug-likeness (QED) is 0.741. The molecule has 2 aromatic rings. The third-order valence-electron chi connectivity index (χ3n) is 2.81. The second-order valence-electron chi connectivity index (χ2n) is 3.71. The molecule has 0 aliphatic carbocycles. The first-order chi connectivity index (χ1) is 7.71. The van der Waals surface area contributed by atoms with E-state index in [-0.39, 0.29) is 11.6 Å². The van der Waals surface area contributed by atoms with E-state index in [0.29, 0.717) is 30.3 Å². The van der Waals surface area contributed by atoms with E-state index in [4.69, 9.17) is 4.42 Å². The molecule has 0 spiro atoms. The summed E-state index contributed by atoms with van der Waals surface area (Å²) in [5, 5.41) is 0.724. The summed E-state index contributed by atoms with van der Waals surface area (Å²) in [6.07, 6.45) is 1.92. The Kier molecular flexibility index (Phi) is 2.77. The van der Waals surface area contributed by atoms with Crippen molar-refractivity contribution in [1.82, 2.24) is 0 Å². The lowest BCUT2D eigenvalue weighted by molar-refractivity contribution is 0.110. The maximum absolute atomic E-state index is 13.8. The number of aldehydes is 1. The summed E-state index contributed by atoms with van der Waals surface area (Å²) in [5.74, 6) is 0.0371. The molecule has 0 unspecified atom stereocenters. The number of carbonyl (C=O) groups excluding carboxylic acids is 1. The molecule has 3 heteroatoms. The first kappa shape index (κ1) is 10.9. The minimum absolute atomic E-state index is 0.218. The van der Waals surface area contributed by atoms with Gasteiger partial charge in [-0.1, -0.05) is 13.8 Å². The Labute approximate surface area is 93.1 Å². The standard InChI is InChI=1S/C13H13FO2/c1-3-8-5-12(14)10(4-2)11-6-9(7-15)16-13(8)11/h5-7H,3-4H2,1-2H3. The molecule has 0 fully saturated rings. The van der Waals surface area contributed by atoms with Gasteiger partial charge in [0.05, 0.1) is 0 Å². The Morgan fingerprint density at radius 1 is 1.31 bits per heavy atom. The van der Waals surface area contributed by atoms with Crippen LogP contribution in [-0.2, 0) is 12.8 Å². The van der Waals surface area contributed by atoms with Crippen molar-refractivity contribution < 1.29 is 13.6 Å². The molecule has 1 heterocycles. The zero-order valence-corrected chi connectivity index (χ0v) is 9.34. The minimum atomic E-state index is -0.218. The molecule has 0 radical (unpaired) electrons. The largest absolute Gasteiger partial charge is 0.453 e. The van der Waals surface area contributed by atoms with Crippen molar-refractivity contribution >= 4 is 17.3 Å². The van der Waals surface area contributed by atoms with Gasteiger partial charge in [-0.2, -0.15) is 0 Å². The highest BCUT2D eigenvalue weighted by Crippen LogP contribution is 2.29. The molecule has 0 atom stereocenters. The van der Waals surface area contributed by atoms with E-state index in [0.717, 1.165) is 10.9 Å². The average Bonchev–Trinajstić information content (AvgIpc) is 2.71. The average molecular weight is 220 g/mol. The number of benzene rings is 1. The maximum atomic E-state index is 13.8. The van der Waals surface area contributed by atoms with Crippen molar-refractivity contribution in [3.05, 3.63) is 34.8 Å². The van der Waals surface area contributed by atoms with Crippen LogP contribution in [0.1, 0.15) is 35.5 Å². The lowest BCUT2D eigenvalue weighted by Gasteiger charge is -2.04. The van der Waals surface area contributed by atoms with Crippen LogP contribution in [0.3, 0.4) is 0 Å². The number of hydrogen-bond acceptors (Lipinski definition) is 2. The van der Waals surface area contributed by atoms with Crippen LogP contribution in [0.25, 0.3) is 11.0 Å². The van der Waals surface area contributed by atoms with Crippen LogP contribution < -0.4 is 0 Å². The Hall–Kier alpha value is -1.64. The van der Waals surface area contributed by atoms with Crippen molar-refractivity contribution in [2.75, 3.05) is 0 Å². The summed E-state index contributed by atoms with van der Waals surface area (Å²) in [7, 11) is 0. The van der Waals surface area contributed by atoms with Crippen molar-refractivity contribution in [2.45, 2.75) is 26.7 Å². The monoisotopic (exact) mass is 220 g/mol. The third-order valence-corrected chi connectivity index (χ3v) is 2.81. The molecule has 0 N–H and O–H groups in total. The minimum Gasteiger partial charge on any atom is -0.453 e. The maximum Gasteiger partial charge on any atom is 0.185 e. The Balaban J connectivity index is 2.84. The number of furan rings is 1. The molecule has 0 saturated heterocycles. The fraction of sp³-hybridized carbons (Fsp3) is 0.308. The van der Waals surface area contributed by atoms with Crippen LogP contribution >= 0.6 is 0 Å². The van der Waals surface area contributed by atoms with Gasteiger partial charge in [-0.15, -0.1) is 0 Å². The van der Waals surface area contributed by atoms with E-state index >= 15 is 0 Å². The number of rotatable bonds is 3. The van der Waals surface area contributed by atoms with E-state index < -0.39 is 0 Å². The molecule has 2 rings (SSSR count). The smallest absolute Gasteiger partial charge is 0.185 e. The van der Waals surface area contributed by atoms with Gasteiger partial charge in [-0.05, 0) is 36.1 Å². The Bertz CT molecular complexity index is 540.